The monoisotopic (exact) mass is 368 g/mol. The lowest BCUT2D eigenvalue weighted by molar-refractivity contribution is 0.0718. The second-order valence-electron chi connectivity index (χ2n) is 7.18. The van der Waals surface area contributed by atoms with Crippen LogP contribution >= 0.6 is 0 Å². The summed E-state index contributed by atoms with van der Waals surface area (Å²) in [6.45, 7) is 4.79. The Bertz CT molecular complexity index is 781. The highest BCUT2D eigenvalue weighted by molar-refractivity contribution is 5.92. The number of piperidine rings is 1. The summed E-state index contributed by atoms with van der Waals surface area (Å²) in [5, 5.41) is 0. The van der Waals surface area contributed by atoms with Gasteiger partial charge in [0.15, 0.2) is 0 Å². The van der Waals surface area contributed by atoms with E-state index in [1.165, 1.54) is 12.5 Å². The topological polar surface area (TPSA) is 39.7 Å². The Kier molecular flexibility index (Phi) is 5.23. The molecule has 2 fully saturated rings. The molecule has 2 aliphatic heterocycles. The van der Waals surface area contributed by atoms with Crippen molar-refractivity contribution in [1.82, 2.24) is 9.88 Å². The molecular formula is C21H25FN4O. The SMILES string of the molecule is O=C(c1ccc(N2CCN(c3ccccc3F)CC2)cn1)N1CCCCC1. The van der Waals surface area contributed by atoms with E-state index in [4.69, 9.17) is 0 Å². The number of carbonyl (C=O) groups excluding carboxylic acids is 1. The van der Waals surface area contributed by atoms with Crippen LogP contribution < -0.4 is 9.80 Å². The van der Waals surface area contributed by atoms with Crippen LogP contribution in [0.5, 0.6) is 0 Å². The van der Waals surface area contributed by atoms with Gasteiger partial charge in [0.2, 0.25) is 0 Å². The summed E-state index contributed by atoms with van der Waals surface area (Å²) in [5.41, 5.74) is 2.20. The van der Waals surface area contributed by atoms with E-state index in [0.29, 0.717) is 11.4 Å². The Hall–Kier alpha value is -2.63. The summed E-state index contributed by atoms with van der Waals surface area (Å²) >= 11 is 0. The zero-order valence-electron chi connectivity index (χ0n) is 15.5. The maximum atomic E-state index is 14.0. The number of halogens is 1. The van der Waals surface area contributed by atoms with Crippen LogP contribution in [0.1, 0.15) is 29.8 Å². The minimum absolute atomic E-state index is 0.0330. The van der Waals surface area contributed by atoms with Crippen LogP contribution in [0, 0.1) is 5.82 Å². The zero-order chi connectivity index (χ0) is 18.6. The maximum absolute atomic E-state index is 14.0. The van der Waals surface area contributed by atoms with E-state index >= 15 is 0 Å². The lowest BCUT2D eigenvalue weighted by atomic mass is 10.1. The molecule has 27 heavy (non-hydrogen) atoms. The quantitative estimate of drug-likeness (QED) is 0.834. The highest BCUT2D eigenvalue weighted by atomic mass is 19.1. The average Bonchev–Trinajstić information content (AvgIpc) is 2.74. The van der Waals surface area contributed by atoms with Crippen LogP contribution in [-0.2, 0) is 0 Å². The Morgan fingerprint density at radius 3 is 2.22 bits per heavy atom. The highest BCUT2D eigenvalue weighted by Crippen LogP contribution is 2.23. The van der Waals surface area contributed by atoms with Crippen molar-refractivity contribution in [2.75, 3.05) is 49.1 Å². The van der Waals surface area contributed by atoms with Crippen LogP contribution in [0.4, 0.5) is 15.8 Å². The Morgan fingerprint density at radius 1 is 0.852 bits per heavy atom. The largest absolute Gasteiger partial charge is 0.367 e. The van der Waals surface area contributed by atoms with Crippen LogP contribution in [0.25, 0.3) is 0 Å². The van der Waals surface area contributed by atoms with Gasteiger partial charge in [0, 0.05) is 39.3 Å². The Balaban J connectivity index is 1.37. The number of hydrogen-bond acceptors (Lipinski definition) is 4. The number of para-hydroxylation sites is 1. The third-order valence-electron chi connectivity index (χ3n) is 5.45. The van der Waals surface area contributed by atoms with Crippen molar-refractivity contribution >= 4 is 17.3 Å². The number of anilines is 2. The molecule has 2 saturated heterocycles. The minimum atomic E-state index is -0.173. The van der Waals surface area contributed by atoms with E-state index in [1.807, 2.05) is 29.2 Å². The number of hydrogen-bond donors (Lipinski definition) is 0. The fourth-order valence-electron chi connectivity index (χ4n) is 3.87. The van der Waals surface area contributed by atoms with E-state index in [1.54, 1.807) is 12.3 Å². The second kappa shape index (κ2) is 7.94. The van der Waals surface area contributed by atoms with Gasteiger partial charge in [-0.15, -0.1) is 0 Å². The number of rotatable bonds is 3. The molecule has 0 bridgehead atoms. The number of pyridine rings is 1. The molecule has 3 heterocycles. The predicted octanol–water partition coefficient (Wildman–Crippen LogP) is 3.17. The Morgan fingerprint density at radius 2 is 1.56 bits per heavy atom. The third-order valence-corrected chi connectivity index (χ3v) is 5.45. The highest BCUT2D eigenvalue weighted by Gasteiger charge is 2.22. The summed E-state index contributed by atoms with van der Waals surface area (Å²) < 4.78 is 14.0. The van der Waals surface area contributed by atoms with E-state index in [9.17, 15) is 9.18 Å². The molecule has 0 spiro atoms. The van der Waals surface area contributed by atoms with Crippen LogP contribution in [-0.4, -0.2) is 55.1 Å². The van der Waals surface area contributed by atoms with Gasteiger partial charge in [0.05, 0.1) is 17.6 Å². The molecule has 1 amide bonds. The van der Waals surface area contributed by atoms with Crippen LogP contribution in [0.15, 0.2) is 42.6 Å². The molecule has 2 aliphatic rings. The molecule has 6 heteroatoms. The zero-order valence-corrected chi connectivity index (χ0v) is 15.5. The van der Waals surface area contributed by atoms with Gasteiger partial charge < -0.3 is 14.7 Å². The molecule has 1 aromatic carbocycles. The number of amides is 1. The molecule has 0 aliphatic carbocycles. The first kappa shape index (κ1) is 17.8. The molecule has 2 aromatic rings. The molecule has 1 aromatic heterocycles. The molecule has 0 unspecified atom stereocenters. The van der Waals surface area contributed by atoms with E-state index in [2.05, 4.69) is 14.8 Å². The van der Waals surface area contributed by atoms with Crippen molar-refractivity contribution in [3.05, 3.63) is 54.1 Å². The smallest absolute Gasteiger partial charge is 0.272 e. The van der Waals surface area contributed by atoms with E-state index in [-0.39, 0.29) is 11.7 Å². The third kappa shape index (κ3) is 3.89. The van der Waals surface area contributed by atoms with Gasteiger partial charge in [-0.2, -0.15) is 0 Å². The molecule has 4 rings (SSSR count). The van der Waals surface area contributed by atoms with Crippen LogP contribution in [0.2, 0.25) is 0 Å². The maximum Gasteiger partial charge on any atom is 0.272 e. The first-order chi connectivity index (χ1) is 13.2. The molecular weight excluding hydrogens is 343 g/mol. The lowest BCUT2D eigenvalue weighted by Gasteiger charge is -2.37. The first-order valence-electron chi connectivity index (χ1n) is 9.72. The van der Waals surface area contributed by atoms with E-state index in [0.717, 1.165) is 57.8 Å². The second-order valence-corrected chi connectivity index (χ2v) is 7.18. The number of carbonyl (C=O) groups is 1. The minimum Gasteiger partial charge on any atom is -0.367 e. The van der Waals surface area contributed by atoms with Gasteiger partial charge in [0.1, 0.15) is 11.5 Å². The van der Waals surface area contributed by atoms with Gasteiger partial charge >= 0.3 is 0 Å². The molecule has 0 radical (unpaired) electrons. The summed E-state index contributed by atoms with van der Waals surface area (Å²) in [6.07, 6.45) is 5.15. The van der Waals surface area contributed by atoms with Gasteiger partial charge in [-0.25, -0.2) is 9.37 Å². The van der Waals surface area contributed by atoms with Crippen molar-refractivity contribution in [1.29, 1.82) is 0 Å². The normalized spacial score (nSPS) is 17.9. The predicted molar refractivity (Wildman–Crippen MR) is 105 cm³/mol. The fourth-order valence-corrected chi connectivity index (χ4v) is 3.87. The molecule has 5 nitrogen and oxygen atoms in total. The summed E-state index contributed by atoms with van der Waals surface area (Å²) in [6, 6.07) is 10.7. The van der Waals surface area contributed by atoms with Crippen molar-refractivity contribution in [2.45, 2.75) is 19.3 Å². The first-order valence-corrected chi connectivity index (χ1v) is 9.72. The average molecular weight is 368 g/mol. The van der Waals surface area contributed by atoms with Crippen molar-refractivity contribution in [3.63, 3.8) is 0 Å². The molecule has 0 saturated carbocycles. The fraction of sp³-hybridized carbons (Fsp3) is 0.429. The number of nitrogens with zero attached hydrogens (tertiary/aromatic N) is 4. The van der Waals surface area contributed by atoms with Crippen molar-refractivity contribution < 1.29 is 9.18 Å². The number of likely N-dealkylation sites (tertiary alicyclic amines) is 1. The van der Waals surface area contributed by atoms with Crippen molar-refractivity contribution in [2.24, 2.45) is 0 Å². The van der Waals surface area contributed by atoms with Gasteiger partial charge in [-0.1, -0.05) is 12.1 Å². The molecule has 142 valence electrons. The van der Waals surface area contributed by atoms with Gasteiger partial charge in [-0.05, 0) is 43.5 Å². The lowest BCUT2D eigenvalue weighted by Crippen LogP contribution is -2.46. The number of benzene rings is 1. The summed E-state index contributed by atoms with van der Waals surface area (Å²) in [7, 11) is 0. The van der Waals surface area contributed by atoms with Crippen LogP contribution in [0.3, 0.4) is 0 Å². The van der Waals surface area contributed by atoms with Gasteiger partial charge in [-0.3, -0.25) is 4.79 Å². The number of piperazine rings is 1. The van der Waals surface area contributed by atoms with Gasteiger partial charge in [0.25, 0.3) is 5.91 Å². The standard InChI is InChI=1S/C21H25FN4O/c22-18-6-2-3-7-20(18)25-14-12-24(13-15-25)17-8-9-19(23-16-17)21(27)26-10-4-1-5-11-26/h2-3,6-9,16H,1,4-5,10-15H2. The van der Waals surface area contributed by atoms with Crippen molar-refractivity contribution in [3.8, 4) is 0 Å². The Labute approximate surface area is 159 Å². The summed E-state index contributed by atoms with van der Waals surface area (Å²) in [4.78, 5) is 23.2. The number of aromatic nitrogens is 1. The molecule has 0 N–H and O–H groups in total. The summed E-state index contributed by atoms with van der Waals surface area (Å²) in [5.74, 6) is -0.140. The van der Waals surface area contributed by atoms with E-state index < -0.39 is 0 Å². The molecule has 0 atom stereocenters.